The van der Waals surface area contributed by atoms with Gasteiger partial charge >= 0.3 is 0 Å². The molecular formula is C31H37Cl2N3O4S. The maximum absolute atomic E-state index is 14.2. The van der Waals surface area contributed by atoms with Gasteiger partial charge in [-0.3, -0.25) is 13.9 Å². The summed E-state index contributed by atoms with van der Waals surface area (Å²) in [5, 5.41) is 3.67. The van der Waals surface area contributed by atoms with Gasteiger partial charge in [0.05, 0.1) is 22.0 Å². The van der Waals surface area contributed by atoms with Crippen molar-refractivity contribution < 1.29 is 18.0 Å². The van der Waals surface area contributed by atoms with Crippen molar-refractivity contribution >= 4 is 50.7 Å². The summed E-state index contributed by atoms with van der Waals surface area (Å²) in [5.74, 6) is -0.882. The van der Waals surface area contributed by atoms with Gasteiger partial charge in [0.2, 0.25) is 21.8 Å². The average molecular weight is 619 g/mol. The number of anilines is 1. The number of aryl methyl sites for hydroxylation is 1. The zero-order valence-electron chi connectivity index (χ0n) is 24.0. The van der Waals surface area contributed by atoms with Crippen LogP contribution in [-0.2, 0) is 39.0 Å². The quantitative estimate of drug-likeness (QED) is 0.291. The fourth-order valence-corrected chi connectivity index (χ4v) is 5.69. The SMILES string of the molecule is CCc1ccccc1N(CC(=O)N(Cc1ccc(Cl)c(Cl)c1)[C@H](Cc1ccccc1)C(=O)NC(C)(C)C)S(C)(=O)=O. The van der Waals surface area contributed by atoms with Gasteiger partial charge in [0.1, 0.15) is 12.6 Å². The number of sulfonamides is 1. The molecule has 220 valence electrons. The molecule has 3 aromatic carbocycles. The lowest BCUT2D eigenvalue weighted by molar-refractivity contribution is -0.140. The summed E-state index contributed by atoms with van der Waals surface area (Å²) in [6.45, 7) is 7.04. The fourth-order valence-electron chi connectivity index (χ4n) is 4.49. The van der Waals surface area contributed by atoms with E-state index in [1.54, 1.807) is 30.3 Å². The Balaban J connectivity index is 2.12. The number of benzene rings is 3. The molecule has 0 unspecified atom stereocenters. The molecule has 1 N–H and O–H groups in total. The number of halogens is 2. The third-order valence-electron chi connectivity index (χ3n) is 6.43. The molecule has 7 nitrogen and oxygen atoms in total. The van der Waals surface area contributed by atoms with Gasteiger partial charge in [0.15, 0.2) is 0 Å². The van der Waals surface area contributed by atoms with Crippen LogP contribution in [0.3, 0.4) is 0 Å². The predicted molar refractivity (Wildman–Crippen MR) is 167 cm³/mol. The van der Waals surface area contributed by atoms with Gasteiger partial charge in [-0.25, -0.2) is 8.42 Å². The summed E-state index contributed by atoms with van der Waals surface area (Å²) in [7, 11) is -3.85. The molecular weight excluding hydrogens is 581 g/mol. The third-order valence-corrected chi connectivity index (χ3v) is 8.29. The first-order valence-corrected chi connectivity index (χ1v) is 15.9. The van der Waals surface area contributed by atoms with Gasteiger partial charge in [-0.15, -0.1) is 0 Å². The minimum atomic E-state index is -3.85. The van der Waals surface area contributed by atoms with Crippen LogP contribution in [0.4, 0.5) is 5.69 Å². The number of para-hydroxylation sites is 1. The molecule has 0 aliphatic heterocycles. The lowest BCUT2D eigenvalue weighted by Crippen LogP contribution is -2.56. The van der Waals surface area contributed by atoms with Crippen LogP contribution < -0.4 is 9.62 Å². The molecule has 3 rings (SSSR count). The maximum atomic E-state index is 14.2. The Bertz CT molecular complexity index is 1470. The number of carbonyl (C=O) groups is 2. The van der Waals surface area contributed by atoms with Gasteiger partial charge in [-0.1, -0.05) is 84.7 Å². The van der Waals surface area contributed by atoms with E-state index in [-0.39, 0.29) is 18.9 Å². The lowest BCUT2D eigenvalue weighted by atomic mass is 10.0. The van der Waals surface area contributed by atoms with E-state index in [2.05, 4.69) is 5.32 Å². The van der Waals surface area contributed by atoms with Crippen molar-refractivity contribution in [3.05, 3.63) is 99.5 Å². The standard InChI is InChI=1S/C31H37Cl2N3O4S/c1-6-24-14-10-11-15-27(24)36(41(5,39)40)21-29(37)35(20-23-16-17-25(32)26(33)18-23)28(30(38)34-31(2,3)4)19-22-12-8-7-9-13-22/h7-18,28H,6,19-21H2,1-5H3,(H,34,38)/t28-/m1/s1. The van der Waals surface area contributed by atoms with Crippen molar-refractivity contribution in [1.82, 2.24) is 10.2 Å². The first-order valence-electron chi connectivity index (χ1n) is 13.3. The van der Waals surface area contributed by atoms with Gasteiger partial charge in [-0.2, -0.15) is 0 Å². The molecule has 0 aromatic heterocycles. The largest absolute Gasteiger partial charge is 0.350 e. The van der Waals surface area contributed by atoms with E-state index >= 15 is 0 Å². The second kappa shape index (κ2) is 13.7. The molecule has 0 spiro atoms. The van der Waals surface area contributed by atoms with Crippen molar-refractivity contribution in [1.29, 1.82) is 0 Å². The van der Waals surface area contributed by atoms with Crippen LogP contribution >= 0.6 is 23.2 Å². The Kier molecular flexibility index (Phi) is 10.9. The Hall–Kier alpha value is -3.07. The minimum Gasteiger partial charge on any atom is -0.350 e. The molecule has 0 aliphatic rings. The Labute approximate surface area is 253 Å². The summed E-state index contributed by atoms with van der Waals surface area (Å²) >= 11 is 12.4. The summed E-state index contributed by atoms with van der Waals surface area (Å²) in [4.78, 5) is 29.4. The monoisotopic (exact) mass is 617 g/mol. The number of amides is 2. The first-order chi connectivity index (χ1) is 19.2. The number of hydrogen-bond acceptors (Lipinski definition) is 4. The summed E-state index contributed by atoms with van der Waals surface area (Å²) in [6, 6.07) is 20.5. The summed E-state index contributed by atoms with van der Waals surface area (Å²) < 4.78 is 27.2. The van der Waals surface area contributed by atoms with Gasteiger partial charge < -0.3 is 10.2 Å². The second-order valence-corrected chi connectivity index (χ2v) is 13.7. The normalized spacial score (nSPS) is 12.5. The van der Waals surface area contributed by atoms with E-state index in [9.17, 15) is 18.0 Å². The van der Waals surface area contributed by atoms with Gasteiger partial charge in [-0.05, 0) is 62.1 Å². The number of carbonyl (C=O) groups excluding carboxylic acids is 2. The lowest BCUT2D eigenvalue weighted by Gasteiger charge is -2.35. The maximum Gasteiger partial charge on any atom is 0.244 e. The van der Waals surface area contributed by atoms with Crippen LogP contribution in [0.1, 0.15) is 44.4 Å². The number of nitrogens with one attached hydrogen (secondary N) is 1. The van der Waals surface area contributed by atoms with Crippen LogP contribution in [0.5, 0.6) is 0 Å². The molecule has 0 radical (unpaired) electrons. The average Bonchev–Trinajstić information content (AvgIpc) is 2.90. The van der Waals surface area contributed by atoms with Crippen molar-refractivity contribution in [2.24, 2.45) is 0 Å². The topological polar surface area (TPSA) is 86.8 Å². The molecule has 0 heterocycles. The van der Waals surface area contributed by atoms with Crippen LogP contribution in [0.25, 0.3) is 0 Å². The highest BCUT2D eigenvalue weighted by atomic mass is 35.5. The smallest absolute Gasteiger partial charge is 0.244 e. The molecule has 0 aliphatic carbocycles. The highest BCUT2D eigenvalue weighted by molar-refractivity contribution is 7.92. The van der Waals surface area contributed by atoms with Gasteiger partial charge in [0.25, 0.3) is 0 Å². The summed E-state index contributed by atoms with van der Waals surface area (Å²) in [5.41, 5.74) is 2.15. The van der Waals surface area contributed by atoms with Crippen LogP contribution in [-0.4, -0.2) is 49.5 Å². The molecule has 41 heavy (non-hydrogen) atoms. The highest BCUT2D eigenvalue weighted by Crippen LogP contribution is 2.27. The molecule has 0 fully saturated rings. The number of rotatable bonds is 11. The zero-order chi connectivity index (χ0) is 30.4. The third kappa shape index (κ3) is 9.21. The number of nitrogens with zero attached hydrogens (tertiary/aromatic N) is 2. The van der Waals surface area contributed by atoms with E-state index < -0.39 is 34.1 Å². The van der Waals surface area contributed by atoms with Crippen molar-refractivity contribution in [3.8, 4) is 0 Å². The van der Waals surface area contributed by atoms with E-state index in [1.165, 1.54) is 4.90 Å². The molecule has 1 atom stereocenters. The highest BCUT2D eigenvalue weighted by Gasteiger charge is 2.34. The van der Waals surface area contributed by atoms with Crippen LogP contribution in [0.15, 0.2) is 72.8 Å². The predicted octanol–water partition coefficient (Wildman–Crippen LogP) is 5.88. The zero-order valence-corrected chi connectivity index (χ0v) is 26.4. The molecule has 0 bridgehead atoms. The van der Waals surface area contributed by atoms with E-state index in [1.807, 2.05) is 70.2 Å². The van der Waals surface area contributed by atoms with Crippen molar-refractivity contribution in [2.75, 3.05) is 17.1 Å². The molecule has 0 saturated carbocycles. The minimum absolute atomic E-state index is 0.0117. The first kappa shape index (κ1) is 32.4. The van der Waals surface area contributed by atoms with Crippen molar-refractivity contribution in [2.45, 2.75) is 58.7 Å². The van der Waals surface area contributed by atoms with E-state index in [0.717, 1.165) is 21.7 Å². The molecule has 10 heteroatoms. The van der Waals surface area contributed by atoms with Crippen LogP contribution in [0, 0.1) is 0 Å². The molecule has 3 aromatic rings. The number of hydrogen-bond donors (Lipinski definition) is 1. The Morgan fingerprint density at radius 3 is 2.12 bits per heavy atom. The Morgan fingerprint density at radius 1 is 0.902 bits per heavy atom. The van der Waals surface area contributed by atoms with E-state index in [4.69, 9.17) is 23.2 Å². The molecule has 2 amide bonds. The molecule has 0 saturated heterocycles. The van der Waals surface area contributed by atoms with Gasteiger partial charge in [0, 0.05) is 18.5 Å². The fraction of sp³-hybridized carbons (Fsp3) is 0.355. The van der Waals surface area contributed by atoms with Crippen molar-refractivity contribution in [3.63, 3.8) is 0 Å². The summed E-state index contributed by atoms with van der Waals surface area (Å²) in [6.07, 6.45) is 1.87. The Morgan fingerprint density at radius 2 is 1.54 bits per heavy atom. The van der Waals surface area contributed by atoms with Crippen LogP contribution in [0.2, 0.25) is 10.0 Å². The second-order valence-electron chi connectivity index (χ2n) is 11.0. The van der Waals surface area contributed by atoms with E-state index in [0.29, 0.717) is 27.7 Å².